The van der Waals surface area contributed by atoms with E-state index in [4.69, 9.17) is 5.73 Å². The first-order valence-electron chi connectivity index (χ1n) is 4.49. The number of halogens is 1. The van der Waals surface area contributed by atoms with Crippen LogP contribution in [0.3, 0.4) is 0 Å². The summed E-state index contributed by atoms with van der Waals surface area (Å²) in [4.78, 5) is 4.10. The minimum absolute atomic E-state index is 0.500. The van der Waals surface area contributed by atoms with Crippen LogP contribution in [0.1, 0.15) is 5.69 Å². The van der Waals surface area contributed by atoms with E-state index in [2.05, 4.69) is 26.0 Å². The third kappa shape index (κ3) is 1.74. The van der Waals surface area contributed by atoms with Gasteiger partial charge < -0.3 is 5.73 Å². The lowest BCUT2D eigenvalue weighted by atomic mass is 10.1. The minimum atomic E-state index is 0.500. The minimum Gasteiger partial charge on any atom is -0.383 e. The summed E-state index contributed by atoms with van der Waals surface area (Å²) in [5, 5.41) is 4.19. The highest BCUT2D eigenvalue weighted by atomic mass is 79.9. The van der Waals surface area contributed by atoms with Crippen LogP contribution in [0.5, 0.6) is 0 Å². The van der Waals surface area contributed by atoms with Gasteiger partial charge in [0, 0.05) is 30.1 Å². The molecule has 0 fully saturated rings. The van der Waals surface area contributed by atoms with Gasteiger partial charge in [-0.25, -0.2) is 4.98 Å². The average Bonchev–Trinajstić information content (AvgIpc) is 2.53. The van der Waals surface area contributed by atoms with E-state index in [-0.39, 0.29) is 0 Å². The van der Waals surface area contributed by atoms with E-state index in [1.54, 1.807) is 6.20 Å². The van der Waals surface area contributed by atoms with Crippen molar-refractivity contribution in [2.75, 3.05) is 5.73 Å². The summed E-state index contributed by atoms with van der Waals surface area (Å²) in [7, 11) is 1.92. The molecule has 0 atom stereocenters. The monoisotopic (exact) mass is 266 g/mol. The van der Waals surface area contributed by atoms with Crippen molar-refractivity contribution in [3.05, 3.63) is 28.6 Å². The van der Waals surface area contributed by atoms with Crippen molar-refractivity contribution in [1.29, 1.82) is 0 Å². The Kier molecular flexibility index (Phi) is 2.48. The molecule has 0 amide bonds. The highest BCUT2D eigenvalue weighted by molar-refractivity contribution is 9.10. The second-order valence-electron chi connectivity index (χ2n) is 3.36. The average molecular weight is 267 g/mol. The number of nitrogen functional groups attached to an aromatic ring is 1. The molecular formula is C10H11BrN4. The van der Waals surface area contributed by atoms with Gasteiger partial charge in [0.05, 0.1) is 10.7 Å². The van der Waals surface area contributed by atoms with Gasteiger partial charge in [-0.05, 0) is 28.9 Å². The highest BCUT2D eigenvalue weighted by Crippen LogP contribution is 2.26. The molecule has 2 heterocycles. The first-order chi connectivity index (χ1) is 7.09. The van der Waals surface area contributed by atoms with Gasteiger partial charge >= 0.3 is 0 Å². The standard InChI is InChI=1S/C10H11BrN4/c1-6-8(5-14-15(6)2)7-3-9(11)10(12)13-4-7/h3-5H,1-2H3,(H2,12,13). The summed E-state index contributed by atoms with van der Waals surface area (Å²) < 4.78 is 2.64. The number of pyridine rings is 1. The number of aryl methyl sites for hydroxylation is 1. The summed E-state index contributed by atoms with van der Waals surface area (Å²) >= 11 is 3.36. The molecule has 0 radical (unpaired) electrons. The lowest BCUT2D eigenvalue weighted by Crippen LogP contribution is -1.94. The Balaban J connectivity index is 2.55. The van der Waals surface area contributed by atoms with E-state index < -0.39 is 0 Å². The molecule has 0 aliphatic rings. The van der Waals surface area contributed by atoms with Gasteiger partial charge in [-0.2, -0.15) is 5.10 Å². The molecule has 0 saturated heterocycles. The number of hydrogen-bond acceptors (Lipinski definition) is 3. The van der Waals surface area contributed by atoms with Crippen molar-refractivity contribution in [3.63, 3.8) is 0 Å². The smallest absolute Gasteiger partial charge is 0.137 e. The molecule has 2 aromatic rings. The zero-order valence-electron chi connectivity index (χ0n) is 8.53. The fourth-order valence-corrected chi connectivity index (χ4v) is 1.73. The van der Waals surface area contributed by atoms with Gasteiger partial charge in [-0.3, -0.25) is 4.68 Å². The largest absolute Gasteiger partial charge is 0.383 e. The molecule has 0 aromatic carbocycles. The van der Waals surface area contributed by atoms with E-state index in [1.165, 1.54) is 0 Å². The molecule has 5 heteroatoms. The fourth-order valence-electron chi connectivity index (χ4n) is 1.38. The van der Waals surface area contributed by atoms with Crippen LogP contribution in [0.25, 0.3) is 11.1 Å². The van der Waals surface area contributed by atoms with Crippen LogP contribution in [-0.4, -0.2) is 14.8 Å². The van der Waals surface area contributed by atoms with E-state index in [9.17, 15) is 0 Å². The molecule has 0 unspecified atom stereocenters. The highest BCUT2D eigenvalue weighted by Gasteiger charge is 2.08. The van der Waals surface area contributed by atoms with Crippen molar-refractivity contribution < 1.29 is 0 Å². The molecule has 2 aromatic heterocycles. The van der Waals surface area contributed by atoms with Gasteiger partial charge in [0.25, 0.3) is 0 Å². The van der Waals surface area contributed by atoms with Crippen LogP contribution >= 0.6 is 15.9 Å². The van der Waals surface area contributed by atoms with Crippen LogP contribution < -0.4 is 5.73 Å². The molecule has 2 rings (SSSR count). The second kappa shape index (κ2) is 3.66. The Bertz CT molecular complexity index is 504. The molecule has 0 bridgehead atoms. The maximum atomic E-state index is 5.63. The quantitative estimate of drug-likeness (QED) is 0.861. The predicted molar refractivity (Wildman–Crippen MR) is 63.3 cm³/mol. The van der Waals surface area contributed by atoms with Crippen LogP contribution in [0.15, 0.2) is 22.9 Å². The Labute approximate surface area is 96.3 Å². The van der Waals surface area contributed by atoms with Gasteiger partial charge in [-0.15, -0.1) is 0 Å². The van der Waals surface area contributed by atoms with Crippen molar-refractivity contribution in [1.82, 2.24) is 14.8 Å². The Hall–Kier alpha value is -1.36. The van der Waals surface area contributed by atoms with E-state index >= 15 is 0 Å². The van der Waals surface area contributed by atoms with Gasteiger partial charge in [0.1, 0.15) is 5.82 Å². The summed E-state index contributed by atoms with van der Waals surface area (Å²) in [6.07, 6.45) is 3.58. The zero-order valence-corrected chi connectivity index (χ0v) is 10.1. The molecule has 78 valence electrons. The number of hydrogen-bond donors (Lipinski definition) is 1. The van der Waals surface area contributed by atoms with Gasteiger partial charge in [0.2, 0.25) is 0 Å². The molecule has 0 saturated carbocycles. The summed E-state index contributed by atoms with van der Waals surface area (Å²) in [6.45, 7) is 2.02. The number of nitrogens with two attached hydrogens (primary N) is 1. The molecule has 2 N–H and O–H groups in total. The summed E-state index contributed by atoms with van der Waals surface area (Å²) in [5.74, 6) is 0.500. The summed E-state index contributed by atoms with van der Waals surface area (Å²) in [5.41, 5.74) is 8.83. The number of nitrogens with zero attached hydrogens (tertiary/aromatic N) is 3. The van der Waals surface area contributed by atoms with Gasteiger partial charge in [-0.1, -0.05) is 0 Å². The number of anilines is 1. The third-order valence-electron chi connectivity index (χ3n) is 2.42. The Morgan fingerprint density at radius 2 is 2.13 bits per heavy atom. The van der Waals surface area contributed by atoms with Gasteiger partial charge in [0.15, 0.2) is 0 Å². The first-order valence-corrected chi connectivity index (χ1v) is 5.29. The van der Waals surface area contributed by atoms with E-state index in [0.29, 0.717) is 5.82 Å². The predicted octanol–water partition coefficient (Wildman–Crippen LogP) is 2.14. The van der Waals surface area contributed by atoms with Crippen molar-refractivity contribution in [2.45, 2.75) is 6.92 Å². The molecule has 0 aliphatic heterocycles. The van der Waals surface area contributed by atoms with E-state index in [0.717, 1.165) is 21.3 Å². The van der Waals surface area contributed by atoms with Crippen molar-refractivity contribution >= 4 is 21.7 Å². The Morgan fingerprint density at radius 3 is 2.67 bits per heavy atom. The lowest BCUT2D eigenvalue weighted by Gasteiger charge is -2.02. The van der Waals surface area contributed by atoms with Crippen LogP contribution in [0, 0.1) is 6.92 Å². The first kappa shape index (κ1) is 10.2. The Morgan fingerprint density at radius 1 is 1.40 bits per heavy atom. The number of aromatic nitrogens is 3. The summed E-state index contributed by atoms with van der Waals surface area (Å²) in [6, 6.07) is 1.95. The maximum absolute atomic E-state index is 5.63. The molecule has 0 spiro atoms. The second-order valence-corrected chi connectivity index (χ2v) is 4.21. The normalized spacial score (nSPS) is 10.6. The van der Waals surface area contributed by atoms with Crippen LogP contribution in [-0.2, 0) is 7.05 Å². The number of rotatable bonds is 1. The van der Waals surface area contributed by atoms with Crippen molar-refractivity contribution in [2.24, 2.45) is 7.05 Å². The molecule has 15 heavy (non-hydrogen) atoms. The van der Waals surface area contributed by atoms with Crippen LogP contribution in [0.2, 0.25) is 0 Å². The SMILES string of the molecule is Cc1c(-c2cnc(N)c(Br)c2)cnn1C. The lowest BCUT2D eigenvalue weighted by molar-refractivity contribution is 0.740. The van der Waals surface area contributed by atoms with Crippen LogP contribution in [0.4, 0.5) is 5.82 Å². The van der Waals surface area contributed by atoms with Crippen molar-refractivity contribution in [3.8, 4) is 11.1 Å². The topological polar surface area (TPSA) is 56.7 Å². The zero-order chi connectivity index (χ0) is 11.0. The molecular weight excluding hydrogens is 256 g/mol. The molecule has 0 aliphatic carbocycles. The maximum Gasteiger partial charge on any atom is 0.137 e. The fraction of sp³-hybridized carbons (Fsp3) is 0.200. The third-order valence-corrected chi connectivity index (χ3v) is 3.05. The van der Waals surface area contributed by atoms with E-state index in [1.807, 2.05) is 30.9 Å². The molecule has 4 nitrogen and oxygen atoms in total.